The molecule has 0 bridgehead atoms. The van der Waals surface area contributed by atoms with Crippen LogP contribution in [0.25, 0.3) is 0 Å². The standard InChI is InChI=1S/C10H11FO/c1-2-3-5-8-9(11)6-4-7-10(8)12/h2-4,6-7,12H,5H2,1H3. The van der Waals surface area contributed by atoms with Crippen molar-refractivity contribution in [2.45, 2.75) is 13.3 Å². The van der Waals surface area contributed by atoms with Crippen LogP contribution in [-0.4, -0.2) is 5.11 Å². The summed E-state index contributed by atoms with van der Waals surface area (Å²) in [6, 6.07) is 4.32. The van der Waals surface area contributed by atoms with E-state index in [4.69, 9.17) is 0 Å². The smallest absolute Gasteiger partial charge is 0.130 e. The van der Waals surface area contributed by atoms with Gasteiger partial charge in [0.15, 0.2) is 0 Å². The minimum absolute atomic E-state index is 0.0214. The molecule has 0 spiro atoms. The van der Waals surface area contributed by atoms with Crippen LogP contribution >= 0.6 is 0 Å². The lowest BCUT2D eigenvalue weighted by molar-refractivity contribution is 0.461. The summed E-state index contributed by atoms with van der Waals surface area (Å²) in [7, 11) is 0. The Bertz CT molecular complexity index is 272. The molecule has 0 aliphatic heterocycles. The third-order valence-electron chi connectivity index (χ3n) is 1.65. The highest BCUT2D eigenvalue weighted by molar-refractivity contribution is 5.34. The van der Waals surface area contributed by atoms with E-state index in [1.165, 1.54) is 18.2 Å². The molecule has 1 N–H and O–H groups in total. The predicted octanol–water partition coefficient (Wildman–Crippen LogP) is 2.65. The summed E-state index contributed by atoms with van der Waals surface area (Å²) in [5, 5.41) is 9.24. The number of aromatic hydroxyl groups is 1. The fourth-order valence-corrected chi connectivity index (χ4v) is 0.985. The Hall–Kier alpha value is -1.31. The topological polar surface area (TPSA) is 20.2 Å². The van der Waals surface area contributed by atoms with Gasteiger partial charge in [-0.25, -0.2) is 4.39 Å². The lowest BCUT2D eigenvalue weighted by Crippen LogP contribution is -1.87. The van der Waals surface area contributed by atoms with Crippen LogP contribution in [0.15, 0.2) is 30.4 Å². The molecule has 0 heterocycles. The molecule has 0 atom stereocenters. The summed E-state index contributed by atoms with van der Waals surface area (Å²) in [5.41, 5.74) is 0.357. The highest BCUT2D eigenvalue weighted by atomic mass is 19.1. The number of rotatable bonds is 2. The first-order chi connectivity index (χ1) is 5.75. The van der Waals surface area contributed by atoms with Crippen molar-refractivity contribution in [2.75, 3.05) is 0 Å². The summed E-state index contributed by atoms with van der Waals surface area (Å²) >= 11 is 0. The third-order valence-corrected chi connectivity index (χ3v) is 1.65. The molecule has 0 aromatic heterocycles. The van der Waals surface area contributed by atoms with Gasteiger partial charge in [0.25, 0.3) is 0 Å². The van der Waals surface area contributed by atoms with Crippen molar-refractivity contribution in [2.24, 2.45) is 0 Å². The van der Waals surface area contributed by atoms with Gasteiger partial charge >= 0.3 is 0 Å². The van der Waals surface area contributed by atoms with Gasteiger partial charge in [-0.05, 0) is 25.5 Å². The van der Waals surface area contributed by atoms with Gasteiger partial charge in [-0.3, -0.25) is 0 Å². The number of hydrogen-bond acceptors (Lipinski definition) is 1. The maximum absolute atomic E-state index is 13.0. The lowest BCUT2D eigenvalue weighted by atomic mass is 10.1. The summed E-state index contributed by atoms with van der Waals surface area (Å²) in [5.74, 6) is -0.332. The molecule has 0 aliphatic carbocycles. The fourth-order valence-electron chi connectivity index (χ4n) is 0.985. The molecule has 0 amide bonds. The van der Waals surface area contributed by atoms with Crippen molar-refractivity contribution < 1.29 is 9.50 Å². The first kappa shape index (κ1) is 8.78. The number of halogens is 1. The number of phenolic OH excluding ortho intramolecular Hbond substituents is 1. The molecule has 0 aliphatic rings. The Balaban J connectivity index is 2.96. The van der Waals surface area contributed by atoms with Crippen LogP contribution in [0.1, 0.15) is 12.5 Å². The Morgan fingerprint density at radius 3 is 2.83 bits per heavy atom. The Kier molecular flexibility index (Phi) is 2.86. The largest absolute Gasteiger partial charge is 0.508 e. The van der Waals surface area contributed by atoms with Crippen molar-refractivity contribution in [3.05, 3.63) is 41.7 Å². The molecule has 0 fully saturated rings. The molecule has 1 aromatic rings. The number of benzene rings is 1. The van der Waals surface area contributed by atoms with Crippen molar-refractivity contribution in [1.82, 2.24) is 0 Å². The number of allylic oxidation sites excluding steroid dienone is 2. The van der Waals surface area contributed by atoms with E-state index in [1.807, 2.05) is 13.0 Å². The summed E-state index contributed by atoms with van der Waals surface area (Å²) in [4.78, 5) is 0. The van der Waals surface area contributed by atoms with Gasteiger partial charge in [0, 0.05) is 5.56 Å². The highest BCUT2D eigenvalue weighted by Gasteiger charge is 2.04. The molecule has 1 rings (SSSR count). The van der Waals surface area contributed by atoms with Gasteiger partial charge in [-0.1, -0.05) is 18.2 Å². The zero-order valence-corrected chi connectivity index (χ0v) is 6.92. The van der Waals surface area contributed by atoms with Crippen molar-refractivity contribution >= 4 is 0 Å². The van der Waals surface area contributed by atoms with Crippen LogP contribution in [0.4, 0.5) is 4.39 Å². The molecular weight excluding hydrogens is 155 g/mol. The second-order valence-corrected chi connectivity index (χ2v) is 2.51. The average molecular weight is 166 g/mol. The SMILES string of the molecule is CC=CCc1c(O)cccc1F. The van der Waals surface area contributed by atoms with Crippen molar-refractivity contribution in [3.8, 4) is 5.75 Å². The van der Waals surface area contributed by atoms with Crippen molar-refractivity contribution in [1.29, 1.82) is 0 Å². The zero-order valence-electron chi connectivity index (χ0n) is 6.92. The van der Waals surface area contributed by atoms with Crippen LogP contribution in [0.5, 0.6) is 5.75 Å². The molecule has 1 nitrogen and oxygen atoms in total. The van der Waals surface area contributed by atoms with Gasteiger partial charge in [-0.15, -0.1) is 0 Å². The summed E-state index contributed by atoms with van der Waals surface area (Å²) in [6.45, 7) is 1.86. The monoisotopic (exact) mass is 166 g/mol. The summed E-state index contributed by atoms with van der Waals surface area (Å²) in [6.07, 6.45) is 4.07. The molecular formula is C10H11FO. The highest BCUT2D eigenvalue weighted by Crippen LogP contribution is 2.20. The van der Waals surface area contributed by atoms with E-state index in [-0.39, 0.29) is 11.6 Å². The first-order valence-electron chi connectivity index (χ1n) is 3.83. The Morgan fingerprint density at radius 2 is 2.25 bits per heavy atom. The zero-order chi connectivity index (χ0) is 8.97. The maximum atomic E-state index is 13.0. The molecule has 2 heteroatoms. The Morgan fingerprint density at radius 1 is 1.50 bits per heavy atom. The van der Waals surface area contributed by atoms with E-state index in [2.05, 4.69) is 0 Å². The molecule has 0 unspecified atom stereocenters. The van der Waals surface area contributed by atoms with E-state index < -0.39 is 0 Å². The minimum atomic E-state index is -0.354. The quantitative estimate of drug-likeness (QED) is 0.669. The average Bonchev–Trinajstić information content (AvgIpc) is 2.04. The second kappa shape index (κ2) is 3.90. The van der Waals surface area contributed by atoms with Gasteiger partial charge in [0.1, 0.15) is 11.6 Å². The molecule has 0 radical (unpaired) electrons. The van der Waals surface area contributed by atoms with Gasteiger partial charge in [0.2, 0.25) is 0 Å². The second-order valence-electron chi connectivity index (χ2n) is 2.51. The van der Waals surface area contributed by atoms with Crippen LogP contribution in [0.3, 0.4) is 0 Å². The summed E-state index contributed by atoms with van der Waals surface area (Å²) < 4.78 is 13.0. The Labute approximate surface area is 71.2 Å². The molecule has 12 heavy (non-hydrogen) atoms. The fraction of sp³-hybridized carbons (Fsp3) is 0.200. The van der Waals surface area contributed by atoms with Crippen molar-refractivity contribution in [3.63, 3.8) is 0 Å². The van der Waals surface area contributed by atoms with Crippen LogP contribution in [-0.2, 0) is 6.42 Å². The van der Waals surface area contributed by atoms with E-state index in [0.29, 0.717) is 12.0 Å². The van der Waals surface area contributed by atoms with Gasteiger partial charge < -0.3 is 5.11 Å². The molecule has 64 valence electrons. The van der Waals surface area contributed by atoms with E-state index >= 15 is 0 Å². The van der Waals surface area contributed by atoms with Gasteiger partial charge in [-0.2, -0.15) is 0 Å². The maximum Gasteiger partial charge on any atom is 0.130 e. The number of hydrogen-bond donors (Lipinski definition) is 1. The molecule has 1 aromatic carbocycles. The van der Waals surface area contributed by atoms with E-state index in [9.17, 15) is 9.50 Å². The third kappa shape index (κ3) is 1.84. The van der Waals surface area contributed by atoms with E-state index in [1.54, 1.807) is 6.08 Å². The number of phenols is 1. The van der Waals surface area contributed by atoms with E-state index in [0.717, 1.165) is 0 Å². The van der Waals surface area contributed by atoms with Gasteiger partial charge in [0.05, 0.1) is 0 Å². The van der Waals surface area contributed by atoms with Crippen LogP contribution < -0.4 is 0 Å². The predicted molar refractivity (Wildman–Crippen MR) is 46.6 cm³/mol. The molecule has 0 saturated carbocycles. The lowest BCUT2D eigenvalue weighted by Gasteiger charge is -2.01. The normalized spacial score (nSPS) is 10.8. The van der Waals surface area contributed by atoms with Crippen LogP contribution in [0, 0.1) is 5.82 Å². The minimum Gasteiger partial charge on any atom is -0.508 e. The van der Waals surface area contributed by atoms with Crippen LogP contribution in [0.2, 0.25) is 0 Å². The first-order valence-corrected chi connectivity index (χ1v) is 3.83. The molecule has 0 saturated heterocycles.